The van der Waals surface area contributed by atoms with E-state index in [0.29, 0.717) is 25.2 Å². The monoisotopic (exact) mass is 370 g/mol. The molecule has 0 radical (unpaired) electrons. The number of rotatable bonds is 2. The van der Waals surface area contributed by atoms with E-state index in [1.807, 2.05) is 13.1 Å². The molecule has 1 N–H and O–H groups in total. The van der Waals surface area contributed by atoms with Crippen molar-refractivity contribution in [1.82, 2.24) is 14.7 Å². The van der Waals surface area contributed by atoms with Gasteiger partial charge in [0.15, 0.2) is 0 Å². The first kappa shape index (κ1) is 18.2. The number of nitrogens with one attached hydrogen (secondary N) is 1. The molecule has 9 heteroatoms. The van der Waals surface area contributed by atoms with Crippen LogP contribution in [0, 0.1) is 5.82 Å². The highest BCUT2D eigenvalue weighted by Crippen LogP contribution is 2.33. The van der Waals surface area contributed by atoms with Crippen LogP contribution >= 0.6 is 0 Å². The van der Waals surface area contributed by atoms with Crippen molar-refractivity contribution in [2.45, 2.75) is 24.9 Å². The lowest BCUT2D eigenvalue weighted by atomic mass is 9.93. The molecule has 0 aliphatic carbocycles. The van der Waals surface area contributed by atoms with Crippen LogP contribution in [-0.4, -0.2) is 33.8 Å². The van der Waals surface area contributed by atoms with Crippen molar-refractivity contribution in [3.63, 3.8) is 0 Å². The summed E-state index contributed by atoms with van der Waals surface area (Å²) in [5, 5.41) is 6.55. The standard InChI is InChI=1S/C17H18F4N4O/c1-24-15(4-7-22-24)11-5-8-25(9-6-11)16(26)23-12-2-3-14(18)13(10-12)17(19,20)21/h2-4,7,10-11H,5-6,8-9H2,1H3,(H,23,26). The van der Waals surface area contributed by atoms with Gasteiger partial charge >= 0.3 is 12.2 Å². The molecule has 0 saturated carbocycles. The Bertz CT molecular complexity index is 794. The van der Waals surface area contributed by atoms with Gasteiger partial charge in [0.05, 0.1) is 5.56 Å². The molecule has 2 aromatic rings. The number of hydrogen-bond acceptors (Lipinski definition) is 2. The largest absolute Gasteiger partial charge is 0.419 e. The highest BCUT2D eigenvalue weighted by atomic mass is 19.4. The predicted octanol–water partition coefficient (Wildman–Crippen LogP) is 3.99. The Labute approximate surface area is 147 Å². The van der Waals surface area contributed by atoms with E-state index in [0.717, 1.165) is 24.6 Å². The number of nitrogens with zero attached hydrogens (tertiary/aromatic N) is 3. The third-order valence-electron chi connectivity index (χ3n) is 4.58. The molecule has 26 heavy (non-hydrogen) atoms. The van der Waals surface area contributed by atoms with E-state index >= 15 is 0 Å². The summed E-state index contributed by atoms with van der Waals surface area (Å²) in [5.74, 6) is -1.08. The predicted molar refractivity (Wildman–Crippen MR) is 87.2 cm³/mol. The lowest BCUT2D eigenvalue weighted by Crippen LogP contribution is -2.40. The summed E-state index contributed by atoms with van der Waals surface area (Å²) in [6, 6.07) is 3.87. The van der Waals surface area contributed by atoms with Crippen molar-refractivity contribution in [1.29, 1.82) is 0 Å². The molecule has 1 aromatic carbocycles. The minimum Gasteiger partial charge on any atom is -0.324 e. The normalized spacial score (nSPS) is 16.0. The molecule has 1 aliphatic heterocycles. The molecule has 1 saturated heterocycles. The number of halogens is 4. The maximum atomic E-state index is 13.3. The Balaban J connectivity index is 1.62. The van der Waals surface area contributed by atoms with Gasteiger partial charge in [-0.2, -0.15) is 18.3 Å². The third-order valence-corrected chi connectivity index (χ3v) is 4.58. The van der Waals surface area contributed by atoms with Crippen molar-refractivity contribution >= 4 is 11.7 Å². The summed E-state index contributed by atoms with van der Waals surface area (Å²) in [7, 11) is 1.86. The van der Waals surface area contributed by atoms with Crippen LogP contribution in [0.4, 0.5) is 28.0 Å². The smallest absolute Gasteiger partial charge is 0.324 e. The molecule has 0 bridgehead atoms. The zero-order chi connectivity index (χ0) is 18.9. The molecule has 1 fully saturated rings. The fraction of sp³-hybridized carbons (Fsp3) is 0.412. The molecule has 2 heterocycles. The van der Waals surface area contributed by atoms with E-state index in [9.17, 15) is 22.4 Å². The van der Waals surface area contributed by atoms with Gasteiger partial charge in [0.2, 0.25) is 0 Å². The van der Waals surface area contributed by atoms with Crippen LogP contribution in [0.25, 0.3) is 0 Å². The summed E-state index contributed by atoms with van der Waals surface area (Å²) >= 11 is 0. The number of urea groups is 1. The Morgan fingerprint density at radius 3 is 2.50 bits per heavy atom. The molecule has 5 nitrogen and oxygen atoms in total. The number of amides is 2. The SMILES string of the molecule is Cn1nccc1C1CCN(C(=O)Nc2ccc(F)c(C(F)(F)F)c2)CC1. The zero-order valence-corrected chi connectivity index (χ0v) is 14.1. The summed E-state index contributed by atoms with van der Waals surface area (Å²) in [6.45, 7) is 0.962. The lowest BCUT2D eigenvalue weighted by molar-refractivity contribution is -0.139. The number of carbonyl (C=O) groups excluding carboxylic acids is 1. The van der Waals surface area contributed by atoms with Crippen LogP contribution in [0.3, 0.4) is 0 Å². The molecule has 1 aliphatic rings. The maximum Gasteiger partial charge on any atom is 0.419 e. The summed E-state index contributed by atoms with van der Waals surface area (Å²) in [5.41, 5.74) is -0.388. The topological polar surface area (TPSA) is 50.2 Å². The van der Waals surface area contributed by atoms with Crippen molar-refractivity contribution in [2.24, 2.45) is 7.05 Å². The third kappa shape index (κ3) is 3.81. The zero-order valence-electron chi connectivity index (χ0n) is 14.1. The number of likely N-dealkylation sites (tertiary alicyclic amines) is 1. The van der Waals surface area contributed by atoms with Crippen LogP contribution in [0.5, 0.6) is 0 Å². The molecule has 140 valence electrons. The van der Waals surface area contributed by atoms with E-state index in [1.54, 1.807) is 15.8 Å². The Morgan fingerprint density at radius 2 is 1.92 bits per heavy atom. The van der Waals surface area contributed by atoms with Gasteiger partial charge in [-0.15, -0.1) is 0 Å². The minimum atomic E-state index is -4.81. The van der Waals surface area contributed by atoms with Crippen molar-refractivity contribution in [3.8, 4) is 0 Å². The first-order valence-corrected chi connectivity index (χ1v) is 8.16. The molecule has 0 unspecified atom stereocenters. The number of alkyl halides is 3. The van der Waals surface area contributed by atoms with Gasteiger partial charge in [-0.25, -0.2) is 9.18 Å². The van der Waals surface area contributed by atoms with E-state index in [-0.39, 0.29) is 11.6 Å². The fourth-order valence-corrected chi connectivity index (χ4v) is 3.19. The van der Waals surface area contributed by atoms with Gasteiger partial charge in [-0.05, 0) is 37.1 Å². The molecule has 0 spiro atoms. The van der Waals surface area contributed by atoms with Gasteiger partial charge in [0.1, 0.15) is 5.82 Å². The van der Waals surface area contributed by atoms with E-state index < -0.39 is 23.6 Å². The lowest BCUT2D eigenvalue weighted by Gasteiger charge is -2.32. The van der Waals surface area contributed by atoms with Crippen LogP contribution < -0.4 is 5.32 Å². The first-order chi connectivity index (χ1) is 12.3. The number of piperidine rings is 1. The van der Waals surface area contributed by atoms with Gasteiger partial charge in [0.25, 0.3) is 0 Å². The molecule has 0 atom stereocenters. The Morgan fingerprint density at radius 1 is 1.23 bits per heavy atom. The summed E-state index contributed by atoms with van der Waals surface area (Å²) < 4.78 is 53.4. The molecular weight excluding hydrogens is 352 g/mol. The summed E-state index contributed by atoms with van der Waals surface area (Å²) in [4.78, 5) is 13.8. The molecular formula is C17H18F4N4O. The van der Waals surface area contributed by atoms with E-state index in [1.165, 1.54) is 0 Å². The van der Waals surface area contributed by atoms with Crippen LogP contribution in [0.15, 0.2) is 30.5 Å². The average molecular weight is 370 g/mol. The Kier molecular flexibility index (Phi) is 4.88. The second kappa shape index (κ2) is 6.97. The van der Waals surface area contributed by atoms with Crippen molar-refractivity contribution in [3.05, 3.63) is 47.5 Å². The number of carbonyl (C=O) groups is 1. The second-order valence-corrected chi connectivity index (χ2v) is 6.26. The minimum absolute atomic E-state index is 0.0857. The highest BCUT2D eigenvalue weighted by Gasteiger charge is 2.34. The van der Waals surface area contributed by atoms with Gasteiger partial charge in [0, 0.05) is 43.6 Å². The van der Waals surface area contributed by atoms with Crippen molar-refractivity contribution < 1.29 is 22.4 Å². The van der Waals surface area contributed by atoms with Gasteiger partial charge in [-0.1, -0.05) is 0 Å². The van der Waals surface area contributed by atoms with E-state index in [2.05, 4.69) is 10.4 Å². The fourth-order valence-electron chi connectivity index (χ4n) is 3.19. The summed E-state index contributed by atoms with van der Waals surface area (Å²) in [6.07, 6.45) is -1.61. The number of benzene rings is 1. The number of anilines is 1. The van der Waals surface area contributed by atoms with Gasteiger partial charge < -0.3 is 10.2 Å². The number of aryl methyl sites for hydroxylation is 1. The number of aromatic nitrogens is 2. The average Bonchev–Trinajstić information content (AvgIpc) is 3.01. The molecule has 3 rings (SSSR count). The Hall–Kier alpha value is -2.58. The van der Waals surface area contributed by atoms with Crippen LogP contribution in [-0.2, 0) is 13.2 Å². The van der Waals surface area contributed by atoms with Gasteiger partial charge in [-0.3, -0.25) is 4.68 Å². The second-order valence-electron chi connectivity index (χ2n) is 6.26. The molecule has 1 aromatic heterocycles. The van der Waals surface area contributed by atoms with Crippen LogP contribution in [0.2, 0.25) is 0 Å². The van der Waals surface area contributed by atoms with Crippen molar-refractivity contribution in [2.75, 3.05) is 18.4 Å². The first-order valence-electron chi connectivity index (χ1n) is 8.16. The highest BCUT2D eigenvalue weighted by molar-refractivity contribution is 5.89. The molecule has 2 amide bonds. The number of hydrogen-bond donors (Lipinski definition) is 1. The maximum absolute atomic E-state index is 13.3. The quantitative estimate of drug-likeness (QED) is 0.813. The van der Waals surface area contributed by atoms with E-state index in [4.69, 9.17) is 0 Å². The van der Waals surface area contributed by atoms with Crippen LogP contribution in [0.1, 0.15) is 30.0 Å².